The van der Waals surface area contributed by atoms with Crippen molar-refractivity contribution in [1.82, 2.24) is 0 Å². The molecule has 7 heteroatoms. The van der Waals surface area contributed by atoms with Crippen LogP contribution in [0.25, 0.3) is 0 Å². The molecule has 150 valence electrons. The van der Waals surface area contributed by atoms with E-state index in [0.717, 1.165) is 32.1 Å². The molecule has 0 amide bonds. The molecule has 1 aromatic rings. The van der Waals surface area contributed by atoms with E-state index in [9.17, 15) is 9.59 Å². The quantitative estimate of drug-likeness (QED) is 0.296. The topological polar surface area (TPSA) is 78.9 Å². The van der Waals surface area contributed by atoms with Gasteiger partial charge in [0.25, 0.3) is 0 Å². The Morgan fingerprint density at radius 1 is 1.00 bits per heavy atom. The first kappa shape index (κ1) is 23.1. The molecule has 1 fully saturated rings. The van der Waals surface area contributed by atoms with Gasteiger partial charge in [-0.05, 0) is 44.7 Å². The Morgan fingerprint density at radius 3 is 1.96 bits per heavy atom. The summed E-state index contributed by atoms with van der Waals surface area (Å²) in [5.74, 6) is -0.688. The fourth-order valence-corrected chi connectivity index (χ4v) is 3.54. The summed E-state index contributed by atoms with van der Waals surface area (Å²) in [5.41, 5.74) is 0.323. The van der Waals surface area contributed by atoms with Crippen molar-refractivity contribution in [1.29, 1.82) is 0 Å². The van der Waals surface area contributed by atoms with Gasteiger partial charge in [-0.2, -0.15) is 0 Å². The van der Waals surface area contributed by atoms with Gasteiger partial charge in [-0.15, -0.1) is 0 Å². The molecule has 27 heavy (non-hydrogen) atoms. The van der Waals surface area contributed by atoms with Gasteiger partial charge < -0.3 is 14.2 Å². The zero-order chi connectivity index (χ0) is 20.4. The lowest BCUT2D eigenvalue weighted by molar-refractivity contribution is -0.152. The van der Waals surface area contributed by atoms with Gasteiger partial charge in [0.15, 0.2) is 5.78 Å². The van der Waals surface area contributed by atoms with Gasteiger partial charge in [0.2, 0.25) is 0 Å². The summed E-state index contributed by atoms with van der Waals surface area (Å²) in [6.07, 6.45) is 4.68. The van der Waals surface area contributed by atoms with E-state index in [-0.39, 0.29) is 17.8 Å². The van der Waals surface area contributed by atoms with Crippen molar-refractivity contribution in [3.05, 3.63) is 23.8 Å². The van der Waals surface area contributed by atoms with Crippen molar-refractivity contribution in [2.24, 2.45) is 11.8 Å². The monoisotopic (exact) mass is 397 g/mol. The van der Waals surface area contributed by atoms with Crippen LogP contribution in [0.1, 0.15) is 56.3 Å². The molecule has 0 aliphatic heterocycles. The zero-order valence-corrected chi connectivity index (χ0v) is 17.7. The third-order valence-electron chi connectivity index (χ3n) is 4.68. The van der Waals surface area contributed by atoms with Gasteiger partial charge in [0.05, 0.1) is 20.3 Å². The second-order valence-electron chi connectivity index (χ2n) is 6.76. The van der Waals surface area contributed by atoms with E-state index in [0.29, 0.717) is 17.1 Å². The Balaban J connectivity index is 0.00000176. The molecule has 0 bridgehead atoms. The number of methoxy groups -OCH3 is 2. The smallest absolute Gasteiger partial charge is 0.317 e. The molecule has 1 saturated carbocycles. The molecule has 0 heterocycles. The lowest BCUT2D eigenvalue weighted by Crippen LogP contribution is -2.35. The summed E-state index contributed by atoms with van der Waals surface area (Å²) < 4.78 is 24.3. The van der Waals surface area contributed by atoms with E-state index < -0.39 is 11.9 Å². The second-order valence-corrected chi connectivity index (χ2v) is 6.76. The molecule has 1 aromatic carbocycles. The number of esters is 1. The molecule has 0 radical (unpaired) electrons. The average Bonchev–Trinajstić information content (AvgIpc) is 2.69. The second kappa shape index (κ2) is 11.7. The molecule has 2 rings (SSSR count). The summed E-state index contributed by atoms with van der Waals surface area (Å²) in [7, 11) is 4.18. The highest BCUT2D eigenvalue weighted by molar-refractivity contribution is 7.00. The van der Waals surface area contributed by atoms with E-state index in [1.165, 1.54) is 23.3 Å². The van der Waals surface area contributed by atoms with Crippen LogP contribution >= 0.6 is 9.12 Å². The van der Waals surface area contributed by atoms with E-state index in [1.807, 2.05) is 0 Å². The third kappa shape index (κ3) is 6.03. The summed E-state index contributed by atoms with van der Waals surface area (Å²) in [4.78, 5) is 26.1. The highest BCUT2D eigenvalue weighted by atomic mass is 31.0. The molecule has 0 saturated heterocycles. The van der Waals surface area contributed by atoms with Gasteiger partial charge in [-0.25, -0.2) is 0 Å². The largest absolute Gasteiger partial charge is 0.496 e. The summed E-state index contributed by atoms with van der Waals surface area (Å²) in [5, 5.41) is 0. The Labute approximate surface area is 163 Å². The standard InChI is InChI=1S/C20H28O5.H2OP/c1-13(2)25-20(22)17(14-9-6-5-7-10-14)19(21)18-15(23-3)11-8-12-16(18)24-4;1-2/h8,11-14,17H,5-7,9-10H2,1-4H3;2H2/q;+1. The Bertz CT molecular complexity index is 603. The number of hydrogen-bond donors (Lipinski definition) is 0. The number of benzene rings is 1. The Hall–Kier alpha value is -1.94. The first-order valence-electron chi connectivity index (χ1n) is 9.18. The van der Waals surface area contributed by atoms with Gasteiger partial charge in [0, 0.05) is 0 Å². The molecule has 1 aliphatic carbocycles. The minimum atomic E-state index is -0.812. The summed E-state index contributed by atoms with van der Waals surface area (Å²) in [6, 6.07) is 5.18. The van der Waals surface area contributed by atoms with E-state index >= 15 is 0 Å². The maximum absolute atomic E-state index is 13.4. The van der Waals surface area contributed by atoms with Crippen molar-refractivity contribution >= 4 is 20.9 Å². The summed E-state index contributed by atoms with van der Waals surface area (Å²) >= 11 is 0. The maximum Gasteiger partial charge on any atom is 0.317 e. The SMILES string of the molecule is COc1cccc(OC)c1C(=O)C(C(=O)OC(C)C)C1CCCCC1.O=[PH2+]. The number of Topliss-reactive ketones (excluding diaryl/α,β-unsaturated/α-hetero) is 1. The Morgan fingerprint density at radius 2 is 1.52 bits per heavy atom. The minimum Gasteiger partial charge on any atom is -0.496 e. The fraction of sp³-hybridized carbons (Fsp3) is 0.600. The first-order chi connectivity index (χ1) is 13.0. The van der Waals surface area contributed by atoms with Crippen LogP contribution in [0.3, 0.4) is 0 Å². The van der Waals surface area contributed by atoms with Crippen molar-refractivity contribution in [3.63, 3.8) is 0 Å². The number of ether oxygens (including phenoxy) is 3. The molecule has 2 unspecified atom stereocenters. The molecule has 0 spiro atoms. The number of rotatable bonds is 7. The molecule has 0 N–H and O–H groups in total. The molecule has 2 atom stereocenters. The van der Waals surface area contributed by atoms with Crippen LogP contribution in [0.5, 0.6) is 11.5 Å². The van der Waals surface area contributed by atoms with Crippen LogP contribution < -0.4 is 9.47 Å². The molecule has 1 aliphatic rings. The van der Waals surface area contributed by atoms with Gasteiger partial charge in [-0.3, -0.25) is 9.59 Å². The first-order valence-corrected chi connectivity index (χ1v) is 9.66. The maximum atomic E-state index is 13.4. The summed E-state index contributed by atoms with van der Waals surface area (Å²) in [6.45, 7) is 3.59. The number of carbonyl (C=O) groups is 2. The van der Waals surface area contributed by atoms with Crippen molar-refractivity contribution < 1.29 is 28.4 Å². The number of ketones is 1. The van der Waals surface area contributed by atoms with Crippen LogP contribution in [0.2, 0.25) is 0 Å². The van der Waals surface area contributed by atoms with Crippen LogP contribution in [0.4, 0.5) is 0 Å². The van der Waals surface area contributed by atoms with Crippen LogP contribution in [0, 0.1) is 11.8 Å². The molecular weight excluding hydrogens is 367 g/mol. The third-order valence-corrected chi connectivity index (χ3v) is 4.68. The Kier molecular flexibility index (Phi) is 10.0. The lowest BCUT2D eigenvalue weighted by Gasteiger charge is -2.29. The van der Waals surface area contributed by atoms with Crippen molar-refractivity contribution in [2.45, 2.75) is 52.1 Å². The number of hydrogen-bond acceptors (Lipinski definition) is 6. The van der Waals surface area contributed by atoms with E-state index in [1.54, 1.807) is 32.0 Å². The predicted octanol–water partition coefficient (Wildman–Crippen LogP) is 4.24. The van der Waals surface area contributed by atoms with Gasteiger partial charge in [-0.1, -0.05) is 29.9 Å². The average molecular weight is 397 g/mol. The predicted molar refractivity (Wildman–Crippen MR) is 106 cm³/mol. The van der Waals surface area contributed by atoms with E-state index in [2.05, 4.69) is 0 Å². The molecular formula is C20H30O6P+. The zero-order valence-electron chi connectivity index (χ0n) is 16.5. The van der Waals surface area contributed by atoms with Gasteiger partial charge >= 0.3 is 15.1 Å². The molecule has 0 aromatic heterocycles. The highest BCUT2D eigenvalue weighted by Gasteiger charge is 2.39. The highest BCUT2D eigenvalue weighted by Crippen LogP contribution is 2.37. The van der Waals surface area contributed by atoms with Gasteiger partial charge in [0.1, 0.15) is 23.0 Å². The normalized spacial score (nSPS) is 15.3. The fourth-order valence-electron chi connectivity index (χ4n) is 3.54. The minimum absolute atomic E-state index is 0.00196. The van der Waals surface area contributed by atoms with Crippen LogP contribution in [-0.4, -0.2) is 32.1 Å². The van der Waals surface area contributed by atoms with Crippen LogP contribution in [0.15, 0.2) is 18.2 Å². The molecule has 6 nitrogen and oxygen atoms in total. The van der Waals surface area contributed by atoms with E-state index in [4.69, 9.17) is 18.8 Å². The number of carbonyl (C=O) groups excluding carboxylic acids is 2. The lowest BCUT2D eigenvalue weighted by atomic mass is 9.76. The van der Waals surface area contributed by atoms with Crippen molar-refractivity contribution in [3.8, 4) is 11.5 Å². The van der Waals surface area contributed by atoms with Crippen LogP contribution in [-0.2, 0) is 14.1 Å². The van der Waals surface area contributed by atoms with Crippen molar-refractivity contribution in [2.75, 3.05) is 14.2 Å².